The van der Waals surface area contributed by atoms with E-state index in [1.54, 1.807) is 0 Å². The van der Waals surface area contributed by atoms with Crippen LogP contribution in [0.3, 0.4) is 0 Å². The van der Waals surface area contributed by atoms with E-state index in [0.717, 1.165) is 11.8 Å². The highest BCUT2D eigenvalue weighted by Gasteiger charge is 2.27. The van der Waals surface area contributed by atoms with Crippen LogP contribution in [0, 0.1) is 12.3 Å². The molecule has 11 heavy (non-hydrogen) atoms. The van der Waals surface area contributed by atoms with E-state index in [4.69, 9.17) is 0 Å². The van der Waals surface area contributed by atoms with Crippen molar-refractivity contribution in [3.05, 3.63) is 6.92 Å². The Morgan fingerprint density at radius 1 is 1.18 bits per heavy atom. The zero-order chi connectivity index (χ0) is 8.16. The lowest BCUT2D eigenvalue weighted by molar-refractivity contribution is 0.296. The first-order valence-electron chi connectivity index (χ1n) is 5.06. The standard InChI is InChI=1S/C11H21/c1-3-4-5-8-11(2)9-6-7-10-11/h1,3-10H2,2H3. The third kappa shape index (κ3) is 2.84. The molecule has 0 nitrogen and oxygen atoms in total. The highest BCUT2D eigenvalue weighted by molar-refractivity contribution is 4.79. The van der Waals surface area contributed by atoms with Crippen molar-refractivity contribution >= 4 is 0 Å². The van der Waals surface area contributed by atoms with Gasteiger partial charge in [0.1, 0.15) is 0 Å². The van der Waals surface area contributed by atoms with Gasteiger partial charge in [0.15, 0.2) is 0 Å². The molecule has 1 rings (SSSR count). The van der Waals surface area contributed by atoms with Crippen LogP contribution >= 0.6 is 0 Å². The normalized spacial score (nSPS) is 22.4. The second-order valence-corrected chi connectivity index (χ2v) is 4.33. The molecule has 0 aliphatic heterocycles. The SMILES string of the molecule is [CH2]CCCCC1(C)CCCC1. The molecule has 0 aromatic carbocycles. The molecule has 1 radical (unpaired) electrons. The quantitative estimate of drug-likeness (QED) is 0.536. The maximum absolute atomic E-state index is 3.87. The summed E-state index contributed by atoms with van der Waals surface area (Å²) >= 11 is 0. The lowest BCUT2D eigenvalue weighted by atomic mass is 9.83. The summed E-state index contributed by atoms with van der Waals surface area (Å²) in [6, 6.07) is 0. The molecule has 0 bridgehead atoms. The molecular formula is C11H21. The summed E-state index contributed by atoms with van der Waals surface area (Å²) in [5.74, 6) is 0. The second kappa shape index (κ2) is 4.13. The smallest absolute Gasteiger partial charge is 0.0326 e. The Hall–Kier alpha value is 0. The molecule has 0 amide bonds. The number of hydrogen-bond donors (Lipinski definition) is 0. The van der Waals surface area contributed by atoms with Gasteiger partial charge in [0.05, 0.1) is 0 Å². The lowest BCUT2D eigenvalue weighted by Crippen LogP contribution is -2.09. The monoisotopic (exact) mass is 153 g/mol. The maximum Gasteiger partial charge on any atom is -0.0326 e. The van der Waals surface area contributed by atoms with Crippen molar-refractivity contribution in [1.29, 1.82) is 0 Å². The van der Waals surface area contributed by atoms with Crippen LogP contribution in [0.25, 0.3) is 0 Å². The predicted octanol–water partition coefficient (Wildman–Crippen LogP) is 3.96. The van der Waals surface area contributed by atoms with Crippen LogP contribution in [-0.2, 0) is 0 Å². The molecule has 65 valence electrons. The van der Waals surface area contributed by atoms with E-state index in [1.807, 2.05) is 0 Å². The fourth-order valence-corrected chi connectivity index (χ4v) is 2.21. The van der Waals surface area contributed by atoms with Crippen molar-refractivity contribution in [3.8, 4) is 0 Å². The van der Waals surface area contributed by atoms with Crippen molar-refractivity contribution in [2.24, 2.45) is 5.41 Å². The van der Waals surface area contributed by atoms with E-state index < -0.39 is 0 Å². The Balaban J connectivity index is 2.13. The summed E-state index contributed by atoms with van der Waals surface area (Å²) in [4.78, 5) is 0. The van der Waals surface area contributed by atoms with Crippen LogP contribution in [0.1, 0.15) is 58.3 Å². The Bertz CT molecular complexity index is 98.6. The topological polar surface area (TPSA) is 0 Å². The largest absolute Gasteiger partial charge is 0.0596 e. The van der Waals surface area contributed by atoms with E-state index in [9.17, 15) is 0 Å². The van der Waals surface area contributed by atoms with Gasteiger partial charge in [0.25, 0.3) is 0 Å². The Morgan fingerprint density at radius 3 is 2.36 bits per heavy atom. The predicted molar refractivity (Wildman–Crippen MR) is 50.4 cm³/mol. The molecule has 0 spiro atoms. The Morgan fingerprint density at radius 2 is 1.82 bits per heavy atom. The lowest BCUT2D eigenvalue weighted by Gasteiger charge is -2.22. The summed E-state index contributed by atoms with van der Waals surface area (Å²) in [7, 11) is 0. The molecule has 0 saturated heterocycles. The summed E-state index contributed by atoms with van der Waals surface area (Å²) in [6.07, 6.45) is 11.2. The second-order valence-electron chi connectivity index (χ2n) is 4.33. The van der Waals surface area contributed by atoms with Crippen molar-refractivity contribution in [3.63, 3.8) is 0 Å². The van der Waals surface area contributed by atoms with Gasteiger partial charge >= 0.3 is 0 Å². The average Bonchev–Trinajstić information content (AvgIpc) is 2.38. The van der Waals surface area contributed by atoms with Gasteiger partial charge in [-0.15, -0.1) is 0 Å². The molecule has 0 aromatic rings. The van der Waals surface area contributed by atoms with E-state index in [-0.39, 0.29) is 0 Å². The van der Waals surface area contributed by atoms with Crippen LogP contribution in [0.15, 0.2) is 0 Å². The van der Waals surface area contributed by atoms with Gasteiger partial charge < -0.3 is 0 Å². The van der Waals surface area contributed by atoms with E-state index >= 15 is 0 Å². The van der Waals surface area contributed by atoms with Crippen LogP contribution in [0.2, 0.25) is 0 Å². The van der Waals surface area contributed by atoms with E-state index in [0.29, 0.717) is 0 Å². The van der Waals surface area contributed by atoms with Crippen LogP contribution in [0.4, 0.5) is 0 Å². The van der Waals surface area contributed by atoms with E-state index in [1.165, 1.54) is 44.9 Å². The molecule has 0 N–H and O–H groups in total. The summed E-state index contributed by atoms with van der Waals surface area (Å²) < 4.78 is 0. The number of unbranched alkanes of at least 4 members (excludes halogenated alkanes) is 2. The van der Waals surface area contributed by atoms with Gasteiger partial charge in [-0.25, -0.2) is 0 Å². The molecule has 0 heterocycles. The Labute approximate surface area is 71.4 Å². The number of rotatable bonds is 4. The molecule has 1 saturated carbocycles. The van der Waals surface area contributed by atoms with Gasteiger partial charge in [0.2, 0.25) is 0 Å². The third-order valence-electron chi connectivity index (χ3n) is 3.09. The first-order chi connectivity index (χ1) is 5.27. The average molecular weight is 153 g/mol. The molecule has 1 fully saturated rings. The first kappa shape index (κ1) is 9.09. The fourth-order valence-electron chi connectivity index (χ4n) is 2.21. The summed E-state index contributed by atoms with van der Waals surface area (Å²) in [5, 5.41) is 0. The molecular weight excluding hydrogens is 132 g/mol. The molecule has 1 aliphatic rings. The molecule has 0 aromatic heterocycles. The van der Waals surface area contributed by atoms with Crippen molar-refractivity contribution < 1.29 is 0 Å². The van der Waals surface area contributed by atoms with E-state index in [2.05, 4.69) is 13.8 Å². The fraction of sp³-hybridized carbons (Fsp3) is 0.909. The minimum Gasteiger partial charge on any atom is -0.0596 e. The van der Waals surface area contributed by atoms with Gasteiger partial charge in [0, 0.05) is 0 Å². The molecule has 0 unspecified atom stereocenters. The number of hydrogen-bond acceptors (Lipinski definition) is 0. The van der Waals surface area contributed by atoms with Crippen LogP contribution < -0.4 is 0 Å². The summed E-state index contributed by atoms with van der Waals surface area (Å²) in [5.41, 5.74) is 0.717. The zero-order valence-corrected chi connectivity index (χ0v) is 7.86. The highest BCUT2D eigenvalue weighted by Crippen LogP contribution is 2.41. The Kier molecular flexibility index (Phi) is 3.42. The molecule has 1 aliphatic carbocycles. The van der Waals surface area contributed by atoms with Crippen molar-refractivity contribution in [2.75, 3.05) is 0 Å². The van der Waals surface area contributed by atoms with Gasteiger partial charge in [-0.05, 0) is 24.7 Å². The van der Waals surface area contributed by atoms with Gasteiger partial charge in [-0.3, -0.25) is 0 Å². The van der Waals surface area contributed by atoms with Crippen LogP contribution in [-0.4, -0.2) is 0 Å². The highest BCUT2D eigenvalue weighted by atomic mass is 14.3. The zero-order valence-electron chi connectivity index (χ0n) is 7.86. The maximum atomic E-state index is 3.87. The molecule has 0 atom stereocenters. The minimum absolute atomic E-state index is 0.717. The molecule has 0 heteroatoms. The van der Waals surface area contributed by atoms with Crippen molar-refractivity contribution in [2.45, 2.75) is 58.3 Å². The van der Waals surface area contributed by atoms with Crippen molar-refractivity contribution in [1.82, 2.24) is 0 Å². The van der Waals surface area contributed by atoms with Gasteiger partial charge in [-0.2, -0.15) is 0 Å². The van der Waals surface area contributed by atoms with Crippen LogP contribution in [0.5, 0.6) is 0 Å². The summed E-state index contributed by atoms with van der Waals surface area (Å²) in [6.45, 7) is 6.33. The van der Waals surface area contributed by atoms with Gasteiger partial charge in [-0.1, -0.05) is 46.0 Å². The first-order valence-corrected chi connectivity index (χ1v) is 5.06. The third-order valence-corrected chi connectivity index (χ3v) is 3.09. The minimum atomic E-state index is 0.717.